The fraction of sp³-hybridized carbons (Fsp3) is 0.643. The minimum Gasteiger partial charge on any atom is -0.336 e. The van der Waals surface area contributed by atoms with Crippen LogP contribution in [0.3, 0.4) is 0 Å². The number of piperidine rings is 1. The highest BCUT2D eigenvalue weighted by molar-refractivity contribution is 7.13. The highest BCUT2D eigenvalue weighted by atomic mass is 32.1. The topological polar surface area (TPSA) is 65.5 Å². The summed E-state index contributed by atoms with van der Waals surface area (Å²) in [5, 5.41) is 3.82. The van der Waals surface area contributed by atoms with Crippen LogP contribution in [0.1, 0.15) is 34.4 Å². The van der Waals surface area contributed by atoms with Gasteiger partial charge < -0.3 is 15.1 Å². The number of nitrogens with one attached hydrogen (secondary N) is 1. The number of hydrogen-bond donors (Lipinski definition) is 1. The normalized spacial score (nSPS) is 22.5. The van der Waals surface area contributed by atoms with Crippen molar-refractivity contribution in [3.05, 3.63) is 16.1 Å². The van der Waals surface area contributed by atoms with E-state index in [0.717, 1.165) is 37.4 Å². The Morgan fingerprint density at radius 2 is 2.38 bits per heavy atom. The molecule has 114 valence electrons. The van der Waals surface area contributed by atoms with Crippen molar-refractivity contribution in [2.75, 3.05) is 26.2 Å². The van der Waals surface area contributed by atoms with E-state index in [9.17, 15) is 9.59 Å². The molecule has 3 rings (SSSR count). The molecule has 6 nitrogen and oxygen atoms in total. The summed E-state index contributed by atoms with van der Waals surface area (Å²) in [7, 11) is 0. The third-order valence-electron chi connectivity index (χ3n) is 4.08. The molecule has 2 aliphatic rings. The molecule has 2 aliphatic heterocycles. The lowest BCUT2D eigenvalue weighted by Crippen LogP contribution is -2.50. The second-order valence-electron chi connectivity index (χ2n) is 5.44. The predicted molar refractivity (Wildman–Crippen MR) is 80.5 cm³/mol. The second-order valence-corrected chi connectivity index (χ2v) is 6.56. The summed E-state index contributed by atoms with van der Waals surface area (Å²) >= 11 is 1.47. The Bertz CT molecular complexity index is 545. The van der Waals surface area contributed by atoms with Gasteiger partial charge in [0.25, 0.3) is 5.91 Å². The van der Waals surface area contributed by atoms with Crippen LogP contribution in [-0.4, -0.2) is 58.9 Å². The molecule has 1 atom stereocenters. The molecular weight excluding hydrogens is 288 g/mol. The lowest BCUT2D eigenvalue weighted by molar-refractivity contribution is 0.0639. The highest BCUT2D eigenvalue weighted by Crippen LogP contribution is 2.22. The number of carbonyl (C=O) groups is 2. The summed E-state index contributed by atoms with van der Waals surface area (Å²) in [4.78, 5) is 33.0. The number of nitrogens with zero attached hydrogens (tertiary/aromatic N) is 3. The summed E-state index contributed by atoms with van der Waals surface area (Å²) in [5.74, 6) is 0.0523. The van der Waals surface area contributed by atoms with Crippen LogP contribution in [-0.2, 0) is 6.42 Å². The Hall–Kier alpha value is -1.63. The van der Waals surface area contributed by atoms with Crippen LogP contribution in [0.4, 0.5) is 4.79 Å². The van der Waals surface area contributed by atoms with E-state index in [-0.39, 0.29) is 18.0 Å². The van der Waals surface area contributed by atoms with Gasteiger partial charge in [0.15, 0.2) is 0 Å². The van der Waals surface area contributed by atoms with E-state index in [1.807, 2.05) is 16.7 Å². The Morgan fingerprint density at radius 1 is 1.52 bits per heavy atom. The number of hydrogen-bond acceptors (Lipinski definition) is 4. The highest BCUT2D eigenvalue weighted by Gasteiger charge is 2.33. The number of likely N-dealkylation sites (tertiary alicyclic amines) is 1. The van der Waals surface area contributed by atoms with E-state index in [1.165, 1.54) is 11.3 Å². The van der Waals surface area contributed by atoms with Gasteiger partial charge in [-0.3, -0.25) is 4.79 Å². The molecule has 0 aliphatic carbocycles. The molecule has 0 aromatic carbocycles. The minimum atomic E-state index is 0.000332. The Kier molecular flexibility index (Phi) is 4.10. The molecular formula is C14H20N4O2S. The fourth-order valence-electron chi connectivity index (χ4n) is 2.96. The van der Waals surface area contributed by atoms with Crippen molar-refractivity contribution >= 4 is 23.3 Å². The van der Waals surface area contributed by atoms with Gasteiger partial charge in [0.05, 0.1) is 17.2 Å². The minimum absolute atomic E-state index is 0.000332. The maximum atomic E-state index is 12.5. The molecule has 0 saturated carbocycles. The van der Waals surface area contributed by atoms with Crippen molar-refractivity contribution in [2.45, 2.75) is 32.2 Å². The van der Waals surface area contributed by atoms with Gasteiger partial charge in [-0.15, -0.1) is 11.3 Å². The quantitative estimate of drug-likeness (QED) is 0.916. The average Bonchev–Trinajstić information content (AvgIpc) is 3.15. The van der Waals surface area contributed by atoms with Crippen molar-refractivity contribution in [1.29, 1.82) is 0 Å². The van der Waals surface area contributed by atoms with Crippen LogP contribution in [0.25, 0.3) is 0 Å². The van der Waals surface area contributed by atoms with E-state index in [4.69, 9.17) is 0 Å². The van der Waals surface area contributed by atoms with Gasteiger partial charge in [-0.2, -0.15) is 0 Å². The number of aromatic nitrogens is 1. The Morgan fingerprint density at radius 3 is 3.05 bits per heavy atom. The van der Waals surface area contributed by atoms with E-state index < -0.39 is 0 Å². The van der Waals surface area contributed by atoms with Gasteiger partial charge in [0.1, 0.15) is 4.88 Å². The molecule has 0 spiro atoms. The van der Waals surface area contributed by atoms with Gasteiger partial charge in [-0.05, 0) is 19.3 Å². The van der Waals surface area contributed by atoms with Crippen LogP contribution in [0.15, 0.2) is 6.20 Å². The summed E-state index contributed by atoms with van der Waals surface area (Å²) < 4.78 is 0. The van der Waals surface area contributed by atoms with Gasteiger partial charge in [-0.25, -0.2) is 9.78 Å². The van der Waals surface area contributed by atoms with E-state index in [2.05, 4.69) is 10.3 Å². The Labute approximate surface area is 128 Å². The smallest absolute Gasteiger partial charge is 0.317 e. The SMILES string of the molecule is CCc1ncc(C(=O)N2CCC[C@@H](N3CCNC3=O)C2)s1. The standard InChI is InChI=1S/C14H20N4O2S/c1-2-12-16-8-11(21-12)13(19)17-6-3-4-10(9-17)18-7-5-15-14(18)20/h8,10H,2-7,9H2,1H3,(H,15,20)/t10-/m1/s1. The maximum Gasteiger partial charge on any atom is 0.317 e. The first-order valence-electron chi connectivity index (χ1n) is 7.47. The largest absolute Gasteiger partial charge is 0.336 e. The number of rotatable bonds is 3. The lowest BCUT2D eigenvalue weighted by atomic mass is 10.0. The first-order valence-corrected chi connectivity index (χ1v) is 8.29. The molecule has 3 heterocycles. The number of amides is 3. The molecule has 2 fully saturated rings. The Balaban J connectivity index is 1.67. The van der Waals surface area contributed by atoms with Crippen molar-refractivity contribution in [3.63, 3.8) is 0 Å². The molecule has 0 bridgehead atoms. The van der Waals surface area contributed by atoms with E-state index in [1.54, 1.807) is 6.20 Å². The molecule has 0 unspecified atom stereocenters. The van der Waals surface area contributed by atoms with Crippen molar-refractivity contribution in [3.8, 4) is 0 Å². The zero-order valence-electron chi connectivity index (χ0n) is 12.2. The number of carbonyl (C=O) groups excluding carboxylic acids is 2. The molecule has 3 amide bonds. The van der Waals surface area contributed by atoms with Gasteiger partial charge >= 0.3 is 6.03 Å². The summed E-state index contributed by atoms with van der Waals surface area (Å²) in [6, 6.07) is 0.143. The third-order valence-corrected chi connectivity index (χ3v) is 5.21. The first kappa shape index (κ1) is 14.3. The predicted octanol–water partition coefficient (Wildman–Crippen LogP) is 1.34. The zero-order chi connectivity index (χ0) is 14.8. The van der Waals surface area contributed by atoms with E-state index >= 15 is 0 Å². The molecule has 0 radical (unpaired) electrons. The number of thiazole rings is 1. The van der Waals surface area contributed by atoms with Crippen LogP contribution < -0.4 is 5.32 Å². The second kappa shape index (κ2) is 6.01. The maximum absolute atomic E-state index is 12.5. The first-order chi connectivity index (χ1) is 10.2. The molecule has 1 N–H and O–H groups in total. The molecule has 21 heavy (non-hydrogen) atoms. The fourth-order valence-corrected chi connectivity index (χ4v) is 3.78. The van der Waals surface area contributed by atoms with Gasteiger partial charge in [0.2, 0.25) is 0 Å². The number of aryl methyl sites for hydroxylation is 1. The molecule has 7 heteroatoms. The average molecular weight is 308 g/mol. The lowest BCUT2D eigenvalue weighted by Gasteiger charge is -2.36. The zero-order valence-corrected chi connectivity index (χ0v) is 13.0. The van der Waals surface area contributed by atoms with Crippen LogP contribution in [0.2, 0.25) is 0 Å². The molecule has 1 aromatic heterocycles. The molecule has 2 saturated heterocycles. The van der Waals surface area contributed by atoms with Crippen molar-refractivity contribution in [1.82, 2.24) is 20.1 Å². The van der Waals surface area contributed by atoms with Crippen LogP contribution in [0, 0.1) is 0 Å². The van der Waals surface area contributed by atoms with Crippen molar-refractivity contribution in [2.24, 2.45) is 0 Å². The van der Waals surface area contributed by atoms with Gasteiger partial charge in [0, 0.05) is 26.2 Å². The summed E-state index contributed by atoms with van der Waals surface area (Å²) in [5.41, 5.74) is 0. The number of urea groups is 1. The summed E-state index contributed by atoms with van der Waals surface area (Å²) in [6.45, 7) is 4.88. The molecule has 1 aromatic rings. The summed E-state index contributed by atoms with van der Waals surface area (Å²) in [6.07, 6.45) is 4.45. The van der Waals surface area contributed by atoms with Crippen LogP contribution in [0.5, 0.6) is 0 Å². The van der Waals surface area contributed by atoms with Crippen molar-refractivity contribution < 1.29 is 9.59 Å². The van der Waals surface area contributed by atoms with E-state index in [0.29, 0.717) is 18.0 Å². The third kappa shape index (κ3) is 2.88. The monoisotopic (exact) mass is 308 g/mol. The van der Waals surface area contributed by atoms with Crippen LogP contribution >= 0.6 is 11.3 Å². The van der Waals surface area contributed by atoms with Gasteiger partial charge in [-0.1, -0.05) is 6.92 Å².